The summed E-state index contributed by atoms with van der Waals surface area (Å²) in [5, 5.41) is 2.98. The monoisotopic (exact) mass is 482 g/mol. The molecule has 0 saturated carbocycles. The third-order valence-electron chi connectivity index (χ3n) is 6.80. The maximum Gasteiger partial charge on any atom is 0.407 e. The molecule has 7 heteroatoms. The fourth-order valence-corrected chi connectivity index (χ4v) is 5.05. The zero-order valence-electron chi connectivity index (χ0n) is 20.9. The molecule has 2 aromatic rings. The topological polar surface area (TPSA) is 67.9 Å². The lowest BCUT2D eigenvalue weighted by Gasteiger charge is -2.42. The van der Waals surface area contributed by atoms with Crippen molar-refractivity contribution in [3.63, 3.8) is 0 Å². The molecule has 35 heavy (non-hydrogen) atoms. The van der Waals surface area contributed by atoms with Gasteiger partial charge >= 0.3 is 6.09 Å². The average molecular weight is 483 g/mol. The Morgan fingerprint density at radius 3 is 2.54 bits per heavy atom. The molecule has 0 radical (unpaired) electrons. The van der Waals surface area contributed by atoms with Crippen molar-refractivity contribution >= 4 is 12.0 Å². The Balaban J connectivity index is 1.57. The van der Waals surface area contributed by atoms with Gasteiger partial charge in [0.05, 0.1) is 12.6 Å². The number of hydrogen-bond donors (Lipinski definition) is 1. The summed E-state index contributed by atoms with van der Waals surface area (Å²) in [6, 6.07) is 13.9. The SMILES string of the molecule is CC[C@@H]1CO[C@@H](C(=O)N2CCc3ccccc3[C@@H]2c2ccc(F)cc2)C[C@@H]1NC(=O)OC(C)(C)C. The molecule has 0 aromatic heterocycles. The molecule has 1 fully saturated rings. The highest BCUT2D eigenvalue weighted by molar-refractivity contribution is 5.82. The normalized spacial score (nSPS) is 24.4. The third kappa shape index (κ3) is 5.84. The number of carbonyl (C=O) groups is 2. The van der Waals surface area contributed by atoms with Crippen LogP contribution in [0.4, 0.5) is 9.18 Å². The number of alkyl carbamates (subject to hydrolysis) is 1. The number of fused-ring (bicyclic) bond motifs is 1. The van der Waals surface area contributed by atoms with Crippen LogP contribution < -0.4 is 5.32 Å². The molecule has 2 amide bonds. The van der Waals surface area contributed by atoms with E-state index < -0.39 is 17.8 Å². The van der Waals surface area contributed by atoms with Crippen molar-refractivity contribution in [3.05, 3.63) is 71.0 Å². The highest BCUT2D eigenvalue weighted by Crippen LogP contribution is 2.37. The number of ether oxygens (including phenoxy) is 2. The van der Waals surface area contributed by atoms with Gasteiger partial charge in [-0.2, -0.15) is 0 Å². The van der Waals surface area contributed by atoms with Gasteiger partial charge in [0.25, 0.3) is 5.91 Å². The summed E-state index contributed by atoms with van der Waals surface area (Å²) in [7, 11) is 0. The first-order valence-electron chi connectivity index (χ1n) is 12.4. The molecule has 0 aliphatic carbocycles. The van der Waals surface area contributed by atoms with E-state index in [9.17, 15) is 14.0 Å². The van der Waals surface area contributed by atoms with Crippen LogP contribution in [0.3, 0.4) is 0 Å². The molecule has 2 aromatic carbocycles. The Bertz CT molecular complexity index is 1050. The first-order chi connectivity index (χ1) is 16.7. The molecule has 2 aliphatic heterocycles. The summed E-state index contributed by atoms with van der Waals surface area (Å²) < 4.78 is 25.2. The van der Waals surface area contributed by atoms with E-state index in [0.29, 0.717) is 19.6 Å². The van der Waals surface area contributed by atoms with E-state index in [1.807, 2.05) is 50.8 Å². The second-order valence-corrected chi connectivity index (χ2v) is 10.4. The molecule has 1 N–H and O–H groups in total. The molecule has 6 nitrogen and oxygen atoms in total. The van der Waals surface area contributed by atoms with E-state index in [2.05, 4.69) is 11.4 Å². The summed E-state index contributed by atoms with van der Waals surface area (Å²) >= 11 is 0. The van der Waals surface area contributed by atoms with Gasteiger partial charge in [0.15, 0.2) is 0 Å². The minimum absolute atomic E-state index is 0.0987. The number of halogens is 1. The fraction of sp³-hybridized carbons (Fsp3) is 0.500. The third-order valence-corrected chi connectivity index (χ3v) is 6.80. The van der Waals surface area contributed by atoms with Gasteiger partial charge in [0.2, 0.25) is 0 Å². The van der Waals surface area contributed by atoms with Gasteiger partial charge in [0, 0.05) is 24.9 Å². The van der Waals surface area contributed by atoms with Gasteiger partial charge in [-0.3, -0.25) is 4.79 Å². The van der Waals surface area contributed by atoms with Crippen molar-refractivity contribution in [1.82, 2.24) is 10.2 Å². The van der Waals surface area contributed by atoms with Crippen LogP contribution >= 0.6 is 0 Å². The molecule has 0 bridgehead atoms. The van der Waals surface area contributed by atoms with E-state index in [1.165, 1.54) is 17.7 Å². The number of nitrogens with zero attached hydrogens (tertiary/aromatic N) is 1. The van der Waals surface area contributed by atoms with Crippen molar-refractivity contribution in [2.24, 2.45) is 5.92 Å². The largest absolute Gasteiger partial charge is 0.444 e. The standard InChI is InChI=1S/C28H35FN2O4/c1-5-18-17-34-24(16-23(18)30-27(33)35-28(2,3)4)26(32)31-15-14-19-8-6-7-9-22(19)25(31)20-10-12-21(29)13-11-20/h6-13,18,23-25H,5,14-17H2,1-4H3,(H,30,33)/t18-,23+,24-,25+/m1/s1. The molecule has 2 aliphatic rings. The van der Waals surface area contributed by atoms with Gasteiger partial charge in [-0.05, 0) is 62.4 Å². The quantitative estimate of drug-likeness (QED) is 0.665. The molecule has 4 rings (SSSR count). The smallest absolute Gasteiger partial charge is 0.407 e. The Morgan fingerprint density at radius 1 is 1.14 bits per heavy atom. The van der Waals surface area contributed by atoms with Crippen LogP contribution in [0.5, 0.6) is 0 Å². The van der Waals surface area contributed by atoms with Crippen molar-refractivity contribution in [3.8, 4) is 0 Å². The molecular weight excluding hydrogens is 447 g/mol. The second-order valence-electron chi connectivity index (χ2n) is 10.4. The molecular formula is C28H35FN2O4. The predicted octanol–water partition coefficient (Wildman–Crippen LogP) is 5.01. The number of rotatable bonds is 4. The van der Waals surface area contributed by atoms with Gasteiger partial charge in [0.1, 0.15) is 17.5 Å². The summed E-state index contributed by atoms with van der Waals surface area (Å²) in [5.41, 5.74) is 2.49. The summed E-state index contributed by atoms with van der Waals surface area (Å²) in [6.07, 6.45) is 0.779. The molecule has 1 saturated heterocycles. The van der Waals surface area contributed by atoms with Crippen LogP contribution in [0.1, 0.15) is 63.3 Å². The first kappa shape index (κ1) is 25.2. The van der Waals surface area contributed by atoms with Crippen molar-refractivity contribution in [2.45, 2.75) is 70.7 Å². The lowest BCUT2D eigenvalue weighted by Crippen LogP contribution is -2.54. The second kappa shape index (κ2) is 10.4. The van der Waals surface area contributed by atoms with Gasteiger partial charge < -0.3 is 19.7 Å². The zero-order chi connectivity index (χ0) is 25.2. The van der Waals surface area contributed by atoms with E-state index in [0.717, 1.165) is 24.0 Å². The van der Waals surface area contributed by atoms with Crippen molar-refractivity contribution in [2.75, 3.05) is 13.2 Å². The van der Waals surface area contributed by atoms with Crippen LogP contribution in [-0.4, -0.2) is 47.8 Å². The van der Waals surface area contributed by atoms with Gasteiger partial charge in [-0.15, -0.1) is 0 Å². The Hall–Kier alpha value is -2.93. The van der Waals surface area contributed by atoms with E-state index in [-0.39, 0.29) is 29.7 Å². The Labute approximate surface area is 206 Å². The highest BCUT2D eigenvalue weighted by Gasteiger charge is 2.40. The molecule has 188 valence electrons. The summed E-state index contributed by atoms with van der Waals surface area (Å²) in [5.74, 6) is -0.325. The van der Waals surface area contributed by atoms with Gasteiger partial charge in [-0.25, -0.2) is 9.18 Å². The highest BCUT2D eigenvalue weighted by atomic mass is 19.1. The van der Waals surface area contributed by atoms with Gasteiger partial charge in [-0.1, -0.05) is 43.3 Å². The maximum absolute atomic E-state index is 13.9. The predicted molar refractivity (Wildman–Crippen MR) is 131 cm³/mol. The van der Waals surface area contributed by atoms with Crippen LogP contribution in [-0.2, 0) is 20.7 Å². The number of nitrogens with one attached hydrogen (secondary N) is 1. The van der Waals surface area contributed by atoms with Crippen LogP contribution in [0.15, 0.2) is 48.5 Å². The lowest BCUT2D eigenvalue weighted by atomic mass is 9.86. The fourth-order valence-electron chi connectivity index (χ4n) is 5.05. The van der Waals surface area contributed by atoms with E-state index >= 15 is 0 Å². The average Bonchev–Trinajstić information content (AvgIpc) is 2.82. The summed E-state index contributed by atoms with van der Waals surface area (Å²) in [6.45, 7) is 8.45. The number of carbonyl (C=O) groups excluding carboxylic acids is 2. The zero-order valence-corrected chi connectivity index (χ0v) is 20.9. The van der Waals surface area contributed by atoms with Crippen LogP contribution in [0.2, 0.25) is 0 Å². The number of amides is 2. The van der Waals surface area contributed by atoms with Crippen molar-refractivity contribution in [1.29, 1.82) is 0 Å². The minimum Gasteiger partial charge on any atom is -0.444 e. The van der Waals surface area contributed by atoms with Crippen LogP contribution in [0.25, 0.3) is 0 Å². The lowest BCUT2D eigenvalue weighted by molar-refractivity contribution is -0.152. The first-order valence-corrected chi connectivity index (χ1v) is 12.4. The number of hydrogen-bond acceptors (Lipinski definition) is 4. The number of benzene rings is 2. The Kier molecular flexibility index (Phi) is 7.45. The van der Waals surface area contributed by atoms with E-state index in [1.54, 1.807) is 12.1 Å². The summed E-state index contributed by atoms with van der Waals surface area (Å²) in [4.78, 5) is 28.2. The molecule has 2 heterocycles. The molecule has 0 spiro atoms. The molecule has 4 atom stereocenters. The van der Waals surface area contributed by atoms with Crippen LogP contribution in [0, 0.1) is 11.7 Å². The Morgan fingerprint density at radius 2 is 1.86 bits per heavy atom. The minimum atomic E-state index is -0.675. The maximum atomic E-state index is 13.9. The van der Waals surface area contributed by atoms with E-state index in [4.69, 9.17) is 9.47 Å². The van der Waals surface area contributed by atoms with Crippen molar-refractivity contribution < 1.29 is 23.5 Å². The molecule has 0 unspecified atom stereocenters.